The third-order valence-corrected chi connectivity index (χ3v) is 6.15. The molecular weight excluding hydrogens is 364 g/mol. The number of rotatable bonds is 7. The molecule has 1 aromatic rings. The zero-order chi connectivity index (χ0) is 20.1. The van der Waals surface area contributed by atoms with Crippen molar-refractivity contribution in [1.29, 1.82) is 0 Å². The molecule has 0 amide bonds. The van der Waals surface area contributed by atoms with E-state index >= 15 is 0 Å². The van der Waals surface area contributed by atoms with E-state index in [1.54, 1.807) is 7.11 Å². The van der Waals surface area contributed by atoms with Gasteiger partial charge in [-0.1, -0.05) is 6.08 Å². The van der Waals surface area contributed by atoms with Crippen LogP contribution in [0.15, 0.2) is 18.2 Å². The predicted molar refractivity (Wildman–Crippen MR) is 119 cm³/mol. The van der Waals surface area contributed by atoms with Crippen molar-refractivity contribution in [2.24, 2.45) is 0 Å². The Morgan fingerprint density at radius 2 is 2.17 bits per heavy atom. The number of nitrogens with one attached hydrogen (secondary N) is 4. The number of piperidine rings is 1. The third-order valence-electron chi connectivity index (χ3n) is 6.15. The molecule has 3 aliphatic rings. The maximum Gasteiger partial charge on any atom is 0.130 e. The lowest BCUT2D eigenvalue weighted by molar-refractivity contribution is 0.187. The van der Waals surface area contributed by atoms with E-state index in [1.807, 2.05) is 0 Å². The first-order valence-corrected chi connectivity index (χ1v) is 11.2. The molecular formula is C23H36N4O2. The molecule has 0 radical (unpaired) electrons. The Kier molecular flexibility index (Phi) is 7.08. The summed E-state index contributed by atoms with van der Waals surface area (Å²) in [6.45, 7) is 6.75. The Balaban J connectivity index is 1.49. The van der Waals surface area contributed by atoms with Gasteiger partial charge in [0.15, 0.2) is 0 Å². The average molecular weight is 401 g/mol. The van der Waals surface area contributed by atoms with Gasteiger partial charge >= 0.3 is 0 Å². The van der Waals surface area contributed by atoms with Crippen molar-refractivity contribution in [3.63, 3.8) is 0 Å². The van der Waals surface area contributed by atoms with Crippen molar-refractivity contribution in [1.82, 2.24) is 16.0 Å². The lowest BCUT2D eigenvalue weighted by Crippen LogP contribution is -2.53. The van der Waals surface area contributed by atoms with Gasteiger partial charge in [0.25, 0.3) is 0 Å². The molecule has 0 bridgehead atoms. The highest BCUT2D eigenvalue weighted by atomic mass is 16.5. The van der Waals surface area contributed by atoms with Crippen LogP contribution in [-0.4, -0.2) is 58.2 Å². The maximum atomic E-state index is 6.03. The lowest BCUT2D eigenvalue weighted by atomic mass is 9.95. The highest BCUT2D eigenvalue weighted by molar-refractivity contribution is 5.76. The Bertz CT molecular complexity index is 721. The van der Waals surface area contributed by atoms with Crippen molar-refractivity contribution in [2.45, 2.75) is 57.3 Å². The Labute approximate surface area is 174 Å². The number of fused-ring (bicyclic) bond motifs is 1. The SMILES string of the molecule is COCCNC1CC(C)NC(Nc2cc3c(c(C4=CCNCCC4)c2)OCC3)C1. The summed E-state index contributed by atoms with van der Waals surface area (Å²) in [6, 6.07) is 5.58. The minimum Gasteiger partial charge on any atom is -0.492 e. The molecule has 3 unspecified atom stereocenters. The summed E-state index contributed by atoms with van der Waals surface area (Å²) in [7, 11) is 1.76. The van der Waals surface area contributed by atoms with Crippen LogP contribution in [0.5, 0.6) is 5.75 Å². The van der Waals surface area contributed by atoms with E-state index < -0.39 is 0 Å². The average Bonchev–Trinajstić information content (AvgIpc) is 3.00. The highest BCUT2D eigenvalue weighted by Crippen LogP contribution is 2.39. The second-order valence-electron chi connectivity index (χ2n) is 8.53. The molecule has 0 aromatic heterocycles. The van der Waals surface area contributed by atoms with Crippen molar-refractivity contribution in [3.8, 4) is 5.75 Å². The molecule has 3 aliphatic heterocycles. The van der Waals surface area contributed by atoms with Crippen molar-refractivity contribution < 1.29 is 9.47 Å². The molecule has 1 saturated heterocycles. The summed E-state index contributed by atoms with van der Waals surface area (Å²) >= 11 is 0. The fourth-order valence-electron chi connectivity index (χ4n) is 4.80. The third kappa shape index (κ3) is 5.31. The Morgan fingerprint density at radius 1 is 1.24 bits per heavy atom. The first-order chi connectivity index (χ1) is 14.2. The number of benzene rings is 1. The van der Waals surface area contributed by atoms with Gasteiger partial charge in [-0.05, 0) is 56.9 Å². The smallest absolute Gasteiger partial charge is 0.130 e. The number of allylic oxidation sites excluding steroid dienone is 1. The van der Waals surface area contributed by atoms with Gasteiger partial charge in [0.05, 0.1) is 19.4 Å². The number of ether oxygens (including phenoxy) is 2. The van der Waals surface area contributed by atoms with Crippen molar-refractivity contribution in [2.75, 3.05) is 45.3 Å². The second kappa shape index (κ2) is 9.94. The largest absolute Gasteiger partial charge is 0.492 e. The quantitative estimate of drug-likeness (QED) is 0.528. The zero-order valence-corrected chi connectivity index (χ0v) is 17.9. The van der Waals surface area contributed by atoms with Crippen LogP contribution < -0.4 is 26.0 Å². The summed E-state index contributed by atoms with van der Waals surface area (Å²) in [5, 5.41) is 14.6. The van der Waals surface area contributed by atoms with E-state index in [0.717, 1.165) is 64.3 Å². The maximum absolute atomic E-state index is 6.03. The van der Waals surface area contributed by atoms with Crippen LogP contribution in [0.3, 0.4) is 0 Å². The fourth-order valence-corrected chi connectivity index (χ4v) is 4.80. The van der Waals surface area contributed by atoms with Crippen molar-refractivity contribution in [3.05, 3.63) is 29.3 Å². The molecule has 1 fully saturated rings. The molecule has 1 aromatic carbocycles. The highest BCUT2D eigenvalue weighted by Gasteiger charge is 2.27. The van der Waals surface area contributed by atoms with Gasteiger partial charge in [-0.15, -0.1) is 0 Å². The molecule has 29 heavy (non-hydrogen) atoms. The van der Waals surface area contributed by atoms with Crippen LogP contribution in [0.2, 0.25) is 0 Å². The van der Waals surface area contributed by atoms with Crippen LogP contribution in [0.4, 0.5) is 5.69 Å². The number of anilines is 1. The van der Waals surface area contributed by atoms with E-state index in [-0.39, 0.29) is 6.17 Å². The van der Waals surface area contributed by atoms with Gasteiger partial charge in [-0.2, -0.15) is 0 Å². The van der Waals surface area contributed by atoms with Crippen LogP contribution in [-0.2, 0) is 11.2 Å². The van der Waals surface area contributed by atoms with E-state index in [2.05, 4.69) is 46.4 Å². The minimum absolute atomic E-state index is 0.261. The van der Waals surface area contributed by atoms with Crippen LogP contribution >= 0.6 is 0 Å². The summed E-state index contributed by atoms with van der Waals surface area (Å²) in [4.78, 5) is 0. The number of hydrogen-bond donors (Lipinski definition) is 4. The molecule has 4 rings (SSSR count). The summed E-state index contributed by atoms with van der Waals surface area (Å²) in [5.74, 6) is 1.10. The molecule has 0 spiro atoms. The summed E-state index contributed by atoms with van der Waals surface area (Å²) in [5.41, 5.74) is 5.23. The molecule has 6 nitrogen and oxygen atoms in total. The van der Waals surface area contributed by atoms with Crippen LogP contribution in [0.1, 0.15) is 43.7 Å². The molecule has 0 saturated carbocycles. The van der Waals surface area contributed by atoms with Gasteiger partial charge in [0.2, 0.25) is 0 Å². The topological polar surface area (TPSA) is 66.6 Å². The van der Waals surface area contributed by atoms with E-state index in [9.17, 15) is 0 Å². The van der Waals surface area contributed by atoms with Gasteiger partial charge < -0.3 is 25.4 Å². The first kappa shape index (κ1) is 20.7. The van der Waals surface area contributed by atoms with E-state index in [0.29, 0.717) is 12.1 Å². The summed E-state index contributed by atoms with van der Waals surface area (Å²) in [6.07, 6.45) is 8.08. The van der Waals surface area contributed by atoms with Crippen LogP contribution in [0.25, 0.3) is 5.57 Å². The van der Waals surface area contributed by atoms with Gasteiger partial charge in [-0.3, -0.25) is 5.32 Å². The van der Waals surface area contributed by atoms with Gasteiger partial charge in [0, 0.05) is 55.5 Å². The lowest BCUT2D eigenvalue weighted by Gasteiger charge is -2.36. The molecule has 4 N–H and O–H groups in total. The van der Waals surface area contributed by atoms with E-state index in [4.69, 9.17) is 9.47 Å². The van der Waals surface area contributed by atoms with Gasteiger partial charge in [0.1, 0.15) is 5.75 Å². The Hall–Kier alpha value is -1.60. The van der Waals surface area contributed by atoms with Crippen LogP contribution in [0, 0.1) is 0 Å². The zero-order valence-electron chi connectivity index (χ0n) is 17.9. The standard InChI is InChI=1S/C23H36N4O2/c1-16-12-19(25-9-11-28-2)15-22(26-16)27-20-13-18-6-10-29-23(18)21(14-20)17-4-3-7-24-8-5-17/h5,13-14,16,19,22,24-27H,3-4,6-12,15H2,1-2H3. The molecule has 6 heteroatoms. The monoisotopic (exact) mass is 400 g/mol. The van der Waals surface area contributed by atoms with E-state index in [1.165, 1.54) is 28.8 Å². The minimum atomic E-state index is 0.261. The molecule has 0 aliphatic carbocycles. The Morgan fingerprint density at radius 3 is 3.07 bits per heavy atom. The first-order valence-electron chi connectivity index (χ1n) is 11.2. The molecule has 3 atom stereocenters. The number of hydrogen-bond acceptors (Lipinski definition) is 6. The van der Waals surface area contributed by atoms with Crippen molar-refractivity contribution >= 4 is 11.3 Å². The molecule has 160 valence electrons. The summed E-state index contributed by atoms with van der Waals surface area (Å²) < 4.78 is 11.2. The number of methoxy groups -OCH3 is 1. The molecule has 3 heterocycles. The second-order valence-corrected chi connectivity index (χ2v) is 8.53. The normalized spacial score (nSPS) is 27.0. The predicted octanol–water partition coefficient (Wildman–Crippen LogP) is 2.50. The van der Waals surface area contributed by atoms with Gasteiger partial charge in [-0.25, -0.2) is 0 Å². The fraction of sp³-hybridized carbons (Fsp3) is 0.652.